The van der Waals surface area contributed by atoms with Gasteiger partial charge in [-0.3, -0.25) is 4.79 Å². The van der Waals surface area contributed by atoms with Gasteiger partial charge in [0, 0.05) is 12.0 Å². The minimum atomic E-state index is -0.504. The Morgan fingerprint density at radius 2 is 2.25 bits per heavy atom. The fourth-order valence-corrected chi connectivity index (χ4v) is 1.95. The van der Waals surface area contributed by atoms with Gasteiger partial charge in [0.25, 0.3) is 0 Å². The molecule has 1 unspecified atom stereocenters. The van der Waals surface area contributed by atoms with Gasteiger partial charge >= 0.3 is 0 Å². The number of aliphatic imine (C=N–C) groups is 1. The van der Waals surface area contributed by atoms with Crippen LogP contribution in [0.15, 0.2) is 40.6 Å². The first-order valence-corrected chi connectivity index (χ1v) is 5.16. The highest BCUT2D eigenvalue weighted by Gasteiger charge is 2.23. The van der Waals surface area contributed by atoms with Gasteiger partial charge in [0.15, 0.2) is 0 Å². The smallest absolute Gasteiger partial charge is 0.243 e. The number of nitrogens with two attached hydrogens (primary N) is 2. The molecule has 0 aliphatic heterocycles. The molecule has 0 radical (unpaired) electrons. The number of amides is 1. The van der Waals surface area contributed by atoms with Gasteiger partial charge in [-0.1, -0.05) is 30.7 Å². The summed E-state index contributed by atoms with van der Waals surface area (Å²) in [6, 6.07) is 0. The monoisotopic (exact) mass is 219 g/mol. The number of carbonyl (C=O) groups excluding carboxylic acids is 1. The van der Waals surface area contributed by atoms with Crippen molar-refractivity contribution in [1.29, 1.82) is 0 Å². The molecule has 0 heterocycles. The van der Waals surface area contributed by atoms with Crippen molar-refractivity contribution in [3.05, 3.63) is 35.6 Å². The third-order valence-electron chi connectivity index (χ3n) is 2.62. The summed E-state index contributed by atoms with van der Waals surface area (Å²) in [7, 11) is 0. The molecule has 4 N–H and O–H groups in total. The first-order chi connectivity index (χ1) is 7.56. The molecule has 16 heavy (non-hydrogen) atoms. The summed E-state index contributed by atoms with van der Waals surface area (Å²) >= 11 is 0. The number of hydrogen-bond donors (Lipinski definition) is 2. The standard InChI is InChI=1S/C12H17N3O/c1-8-4-3-5-9(2)12(8)10(15-7-13)6-11(14)16/h3-8,12H,1-2H3,(H2,13,15)(H2,14,16)/b10-6-/t8?,12-/m1/s1. The number of allylic oxidation sites excluding steroid dienone is 4. The van der Waals surface area contributed by atoms with Crippen LogP contribution in [0.25, 0.3) is 0 Å². The van der Waals surface area contributed by atoms with E-state index in [2.05, 4.69) is 18.0 Å². The van der Waals surface area contributed by atoms with Crippen molar-refractivity contribution < 1.29 is 4.79 Å². The fraction of sp³-hybridized carbons (Fsp3) is 0.333. The van der Waals surface area contributed by atoms with Crippen molar-refractivity contribution in [2.24, 2.45) is 28.3 Å². The van der Waals surface area contributed by atoms with E-state index in [1.165, 1.54) is 12.4 Å². The highest BCUT2D eigenvalue weighted by molar-refractivity contribution is 5.87. The maximum absolute atomic E-state index is 10.9. The minimum absolute atomic E-state index is 0.0669. The van der Waals surface area contributed by atoms with E-state index >= 15 is 0 Å². The summed E-state index contributed by atoms with van der Waals surface area (Å²) in [6.07, 6.45) is 8.60. The maximum Gasteiger partial charge on any atom is 0.243 e. The van der Waals surface area contributed by atoms with E-state index < -0.39 is 5.91 Å². The molecule has 0 fully saturated rings. The molecular weight excluding hydrogens is 202 g/mol. The first kappa shape index (κ1) is 12.2. The van der Waals surface area contributed by atoms with Crippen LogP contribution in [0, 0.1) is 11.8 Å². The van der Waals surface area contributed by atoms with Crippen LogP contribution in [0.1, 0.15) is 13.8 Å². The van der Waals surface area contributed by atoms with Crippen LogP contribution in [0.2, 0.25) is 0 Å². The van der Waals surface area contributed by atoms with Crippen LogP contribution in [0.5, 0.6) is 0 Å². The summed E-state index contributed by atoms with van der Waals surface area (Å²) in [5, 5.41) is 0. The second kappa shape index (κ2) is 5.30. The maximum atomic E-state index is 10.9. The van der Waals surface area contributed by atoms with Gasteiger partial charge in [0.1, 0.15) is 0 Å². The SMILES string of the molecule is CC1=CC=CC(C)[C@H]1/C(=C/C(N)=O)N=CN. The van der Waals surface area contributed by atoms with Crippen molar-refractivity contribution in [3.8, 4) is 0 Å². The van der Waals surface area contributed by atoms with Gasteiger partial charge in [-0.25, -0.2) is 4.99 Å². The molecule has 1 aliphatic carbocycles. The normalized spacial score (nSPS) is 25.9. The molecule has 1 rings (SSSR count). The molecule has 4 heteroatoms. The molecule has 2 atom stereocenters. The summed E-state index contributed by atoms with van der Waals surface area (Å²) in [5.41, 5.74) is 12.2. The molecule has 0 bridgehead atoms. The molecule has 1 amide bonds. The molecule has 0 spiro atoms. The molecule has 0 aromatic rings. The average molecular weight is 219 g/mol. The van der Waals surface area contributed by atoms with E-state index in [0.29, 0.717) is 5.70 Å². The van der Waals surface area contributed by atoms with E-state index in [1.807, 2.05) is 19.1 Å². The first-order valence-electron chi connectivity index (χ1n) is 5.16. The number of nitrogens with zero attached hydrogens (tertiary/aromatic N) is 1. The number of hydrogen-bond acceptors (Lipinski definition) is 2. The molecule has 0 saturated heterocycles. The lowest BCUT2D eigenvalue weighted by Crippen LogP contribution is -2.18. The fourth-order valence-electron chi connectivity index (χ4n) is 1.95. The van der Waals surface area contributed by atoms with E-state index in [4.69, 9.17) is 11.5 Å². The lowest BCUT2D eigenvalue weighted by molar-refractivity contribution is -0.113. The van der Waals surface area contributed by atoms with Crippen molar-refractivity contribution >= 4 is 12.2 Å². The largest absolute Gasteiger partial charge is 0.390 e. The topological polar surface area (TPSA) is 81.5 Å². The van der Waals surface area contributed by atoms with E-state index in [0.717, 1.165) is 5.57 Å². The van der Waals surface area contributed by atoms with Crippen molar-refractivity contribution in [3.63, 3.8) is 0 Å². The third kappa shape index (κ3) is 2.82. The Balaban J connectivity index is 3.08. The Morgan fingerprint density at radius 1 is 1.56 bits per heavy atom. The van der Waals surface area contributed by atoms with Crippen molar-refractivity contribution in [2.75, 3.05) is 0 Å². The Labute approximate surface area is 95.4 Å². The number of carbonyl (C=O) groups is 1. The molecule has 0 saturated carbocycles. The van der Waals surface area contributed by atoms with Crippen LogP contribution in [-0.2, 0) is 4.79 Å². The Hall–Kier alpha value is -1.84. The lowest BCUT2D eigenvalue weighted by atomic mass is 9.81. The van der Waals surface area contributed by atoms with Crippen molar-refractivity contribution in [2.45, 2.75) is 13.8 Å². The quantitative estimate of drug-likeness (QED) is 0.423. The zero-order valence-corrected chi connectivity index (χ0v) is 9.55. The van der Waals surface area contributed by atoms with Gasteiger partial charge < -0.3 is 11.5 Å². The highest BCUT2D eigenvalue weighted by atomic mass is 16.1. The van der Waals surface area contributed by atoms with Crippen LogP contribution < -0.4 is 11.5 Å². The predicted octanol–water partition coefficient (Wildman–Crippen LogP) is 1.11. The average Bonchev–Trinajstić information content (AvgIpc) is 2.16. The summed E-state index contributed by atoms with van der Waals surface area (Å²) < 4.78 is 0. The molecular formula is C12H17N3O. The van der Waals surface area contributed by atoms with Gasteiger partial charge in [0.2, 0.25) is 5.91 Å². The molecule has 4 nitrogen and oxygen atoms in total. The Morgan fingerprint density at radius 3 is 2.75 bits per heavy atom. The Bertz CT molecular complexity index is 391. The number of primary amides is 1. The van der Waals surface area contributed by atoms with E-state index in [-0.39, 0.29) is 11.8 Å². The lowest BCUT2D eigenvalue weighted by Gasteiger charge is -2.25. The molecule has 0 aromatic heterocycles. The second-order valence-corrected chi connectivity index (χ2v) is 3.88. The van der Waals surface area contributed by atoms with Gasteiger partial charge in [-0.2, -0.15) is 0 Å². The molecule has 0 aromatic carbocycles. The molecule has 1 aliphatic rings. The van der Waals surface area contributed by atoms with Crippen LogP contribution >= 0.6 is 0 Å². The summed E-state index contributed by atoms with van der Waals surface area (Å²) in [5.74, 6) is -0.160. The van der Waals surface area contributed by atoms with Crippen LogP contribution in [0.3, 0.4) is 0 Å². The van der Waals surface area contributed by atoms with E-state index in [1.54, 1.807) is 0 Å². The minimum Gasteiger partial charge on any atom is -0.390 e. The number of rotatable bonds is 3. The second-order valence-electron chi connectivity index (χ2n) is 3.88. The summed E-state index contributed by atoms with van der Waals surface area (Å²) in [4.78, 5) is 15.0. The zero-order chi connectivity index (χ0) is 12.1. The highest BCUT2D eigenvalue weighted by Crippen LogP contribution is 2.32. The van der Waals surface area contributed by atoms with Crippen molar-refractivity contribution in [1.82, 2.24) is 0 Å². The third-order valence-corrected chi connectivity index (χ3v) is 2.62. The van der Waals surface area contributed by atoms with Gasteiger partial charge in [0.05, 0.1) is 12.0 Å². The van der Waals surface area contributed by atoms with E-state index in [9.17, 15) is 4.79 Å². The van der Waals surface area contributed by atoms with Gasteiger partial charge in [-0.05, 0) is 12.8 Å². The molecule has 86 valence electrons. The summed E-state index contributed by atoms with van der Waals surface area (Å²) in [6.45, 7) is 4.07. The zero-order valence-electron chi connectivity index (χ0n) is 9.55. The van der Waals surface area contributed by atoms with Crippen LogP contribution in [0.4, 0.5) is 0 Å². The van der Waals surface area contributed by atoms with Gasteiger partial charge in [-0.15, -0.1) is 0 Å². The Kier molecular flexibility index (Phi) is 4.05. The predicted molar refractivity (Wildman–Crippen MR) is 65.5 cm³/mol. The van der Waals surface area contributed by atoms with Crippen LogP contribution in [-0.4, -0.2) is 12.2 Å².